The number of carbonyl (C=O) groups excluding carboxylic acids is 1. The van der Waals surface area contributed by atoms with Gasteiger partial charge in [0.15, 0.2) is 5.25 Å². The molecule has 0 fully saturated rings. The Hall–Kier alpha value is -1.31. The number of rotatable bonds is 4. The highest BCUT2D eigenvalue weighted by atomic mass is 35.5. The van der Waals surface area contributed by atoms with E-state index in [1.807, 2.05) is 12.1 Å². The van der Waals surface area contributed by atoms with Crippen LogP contribution in [0.4, 0.5) is 5.69 Å². The molecule has 0 spiro atoms. The number of fused-ring (bicyclic) bond motifs is 1. The van der Waals surface area contributed by atoms with E-state index in [1.54, 1.807) is 20.2 Å². The molecule has 1 aliphatic carbocycles. The molecule has 0 saturated heterocycles. The van der Waals surface area contributed by atoms with Crippen molar-refractivity contribution in [1.82, 2.24) is 9.62 Å². The second-order valence-corrected chi connectivity index (χ2v) is 7.97. The zero-order valence-electron chi connectivity index (χ0n) is 13.6. The van der Waals surface area contributed by atoms with Crippen LogP contribution in [0.3, 0.4) is 0 Å². The van der Waals surface area contributed by atoms with Crippen LogP contribution in [0.25, 0.3) is 0 Å². The van der Waals surface area contributed by atoms with Crippen LogP contribution in [-0.4, -0.2) is 38.6 Å². The number of benzene rings is 1. The summed E-state index contributed by atoms with van der Waals surface area (Å²) in [5.74, 6) is -0.430. The van der Waals surface area contributed by atoms with E-state index < -0.39 is 21.2 Å². The molecule has 130 valence electrons. The number of halogens is 1. The Balaban J connectivity index is 0.00000264. The standard InChI is InChI=1S/C15H23N3O3S.ClH/c1-10(15(19)18(2)3)22(20,21)17-14-6-4-5-11-9-12(16)7-8-13(11)14;/h7-10,14,17H,4-6,16H2,1-3H3;1H. The number of amides is 1. The van der Waals surface area contributed by atoms with Crippen molar-refractivity contribution in [3.05, 3.63) is 29.3 Å². The van der Waals surface area contributed by atoms with Crippen LogP contribution in [0.1, 0.15) is 36.9 Å². The van der Waals surface area contributed by atoms with Gasteiger partial charge in [0.25, 0.3) is 0 Å². The molecule has 1 aromatic carbocycles. The smallest absolute Gasteiger partial charge is 0.241 e. The average molecular weight is 362 g/mol. The molecule has 23 heavy (non-hydrogen) atoms. The number of nitrogen functional groups attached to an aromatic ring is 1. The van der Waals surface area contributed by atoms with Crippen LogP contribution in [0.2, 0.25) is 0 Å². The van der Waals surface area contributed by atoms with Crippen molar-refractivity contribution in [1.29, 1.82) is 0 Å². The van der Waals surface area contributed by atoms with Crippen molar-refractivity contribution in [3.8, 4) is 0 Å². The molecule has 0 saturated carbocycles. The minimum absolute atomic E-state index is 0. The Morgan fingerprint density at radius 2 is 2.04 bits per heavy atom. The van der Waals surface area contributed by atoms with Crippen LogP contribution in [0, 0.1) is 0 Å². The molecule has 6 nitrogen and oxygen atoms in total. The average Bonchev–Trinajstić information content (AvgIpc) is 2.45. The Morgan fingerprint density at radius 1 is 1.39 bits per heavy atom. The molecule has 1 amide bonds. The Bertz CT molecular complexity index is 677. The van der Waals surface area contributed by atoms with E-state index in [9.17, 15) is 13.2 Å². The largest absolute Gasteiger partial charge is 0.399 e. The first-order valence-electron chi connectivity index (χ1n) is 7.33. The van der Waals surface area contributed by atoms with Crippen LogP contribution in [-0.2, 0) is 21.2 Å². The first-order valence-corrected chi connectivity index (χ1v) is 8.87. The van der Waals surface area contributed by atoms with Crippen molar-refractivity contribution < 1.29 is 13.2 Å². The highest BCUT2D eigenvalue weighted by Crippen LogP contribution is 2.31. The van der Waals surface area contributed by atoms with Crippen LogP contribution < -0.4 is 10.5 Å². The number of sulfonamides is 1. The number of hydrogen-bond donors (Lipinski definition) is 2. The molecular formula is C15H24ClN3O3S. The van der Waals surface area contributed by atoms with Gasteiger partial charge >= 0.3 is 0 Å². The molecule has 2 rings (SSSR count). The molecule has 0 radical (unpaired) electrons. The zero-order valence-corrected chi connectivity index (χ0v) is 15.2. The summed E-state index contributed by atoms with van der Waals surface area (Å²) >= 11 is 0. The van der Waals surface area contributed by atoms with E-state index in [2.05, 4.69) is 4.72 Å². The van der Waals surface area contributed by atoms with Gasteiger partial charge in [0.1, 0.15) is 0 Å². The fraction of sp³-hybridized carbons (Fsp3) is 0.533. The van der Waals surface area contributed by atoms with Gasteiger partial charge < -0.3 is 10.6 Å². The van der Waals surface area contributed by atoms with Crippen LogP contribution in [0.15, 0.2) is 18.2 Å². The molecule has 1 aliphatic rings. The van der Waals surface area contributed by atoms with Crippen LogP contribution in [0.5, 0.6) is 0 Å². The van der Waals surface area contributed by atoms with E-state index in [4.69, 9.17) is 5.73 Å². The number of aryl methyl sites for hydroxylation is 1. The summed E-state index contributed by atoms with van der Waals surface area (Å²) < 4.78 is 27.6. The van der Waals surface area contributed by atoms with Crippen molar-refractivity contribution >= 4 is 34.0 Å². The first-order chi connectivity index (χ1) is 10.2. The molecule has 0 bridgehead atoms. The van der Waals surface area contributed by atoms with E-state index in [1.165, 1.54) is 11.8 Å². The van der Waals surface area contributed by atoms with Gasteiger partial charge in [-0.05, 0) is 49.4 Å². The zero-order chi connectivity index (χ0) is 16.5. The quantitative estimate of drug-likeness (QED) is 0.794. The van der Waals surface area contributed by atoms with Crippen molar-refractivity contribution in [2.45, 2.75) is 37.5 Å². The van der Waals surface area contributed by atoms with Gasteiger partial charge in [0.2, 0.25) is 15.9 Å². The summed E-state index contributed by atoms with van der Waals surface area (Å²) in [6.07, 6.45) is 2.50. The number of nitrogens with two attached hydrogens (primary N) is 1. The van der Waals surface area contributed by atoms with Gasteiger partial charge in [-0.3, -0.25) is 4.79 Å². The monoisotopic (exact) mass is 361 g/mol. The maximum atomic E-state index is 12.4. The van der Waals surface area contributed by atoms with Gasteiger partial charge in [-0.25, -0.2) is 13.1 Å². The molecule has 0 aromatic heterocycles. The van der Waals surface area contributed by atoms with Crippen molar-refractivity contribution in [2.24, 2.45) is 0 Å². The van der Waals surface area contributed by atoms with Gasteiger partial charge in [-0.1, -0.05) is 6.07 Å². The summed E-state index contributed by atoms with van der Waals surface area (Å²) in [7, 11) is -0.632. The molecule has 2 unspecified atom stereocenters. The fourth-order valence-corrected chi connectivity index (χ4v) is 4.08. The lowest BCUT2D eigenvalue weighted by Crippen LogP contribution is -2.44. The lowest BCUT2D eigenvalue weighted by molar-refractivity contribution is -0.127. The molecule has 3 N–H and O–H groups in total. The first kappa shape index (κ1) is 19.7. The predicted molar refractivity (Wildman–Crippen MR) is 94.0 cm³/mol. The second-order valence-electron chi connectivity index (χ2n) is 5.94. The van der Waals surface area contributed by atoms with Crippen molar-refractivity contribution in [2.75, 3.05) is 19.8 Å². The topological polar surface area (TPSA) is 92.5 Å². The summed E-state index contributed by atoms with van der Waals surface area (Å²) in [5, 5.41) is -1.11. The van der Waals surface area contributed by atoms with Gasteiger partial charge in [0, 0.05) is 25.8 Å². The Morgan fingerprint density at radius 3 is 2.65 bits per heavy atom. The summed E-state index contributed by atoms with van der Waals surface area (Å²) in [6.45, 7) is 1.41. The normalized spacial score (nSPS) is 18.5. The minimum atomic E-state index is -3.73. The third kappa shape index (κ3) is 4.37. The maximum Gasteiger partial charge on any atom is 0.241 e. The molecule has 8 heteroatoms. The Kier molecular flexibility index (Phi) is 6.44. The number of carbonyl (C=O) groups is 1. The highest BCUT2D eigenvalue weighted by Gasteiger charge is 2.33. The van der Waals surface area contributed by atoms with Crippen molar-refractivity contribution in [3.63, 3.8) is 0 Å². The maximum absolute atomic E-state index is 12.4. The van der Waals surface area contributed by atoms with E-state index in [0.29, 0.717) is 5.69 Å². The Labute approximate surface area is 143 Å². The SMILES string of the molecule is CC(C(=O)N(C)C)S(=O)(=O)NC1CCCc2cc(N)ccc21.Cl. The molecule has 0 aliphatic heterocycles. The second kappa shape index (κ2) is 7.51. The van der Waals surface area contributed by atoms with E-state index >= 15 is 0 Å². The van der Waals surface area contributed by atoms with E-state index in [-0.39, 0.29) is 18.4 Å². The fourth-order valence-electron chi connectivity index (χ4n) is 2.75. The number of hydrogen-bond acceptors (Lipinski definition) is 4. The van der Waals surface area contributed by atoms with Crippen LogP contribution >= 0.6 is 12.4 Å². The molecule has 0 heterocycles. The third-order valence-electron chi connectivity index (χ3n) is 4.04. The number of anilines is 1. The lowest BCUT2D eigenvalue weighted by atomic mass is 9.88. The molecular weight excluding hydrogens is 338 g/mol. The van der Waals surface area contributed by atoms with Gasteiger partial charge in [-0.15, -0.1) is 12.4 Å². The van der Waals surface area contributed by atoms with Gasteiger partial charge in [-0.2, -0.15) is 0 Å². The highest BCUT2D eigenvalue weighted by molar-refractivity contribution is 7.90. The number of nitrogens with one attached hydrogen (secondary N) is 1. The third-order valence-corrected chi connectivity index (χ3v) is 5.79. The minimum Gasteiger partial charge on any atom is -0.399 e. The molecule has 1 aromatic rings. The van der Waals surface area contributed by atoms with E-state index in [0.717, 1.165) is 30.4 Å². The number of nitrogens with zero attached hydrogens (tertiary/aromatic N) is 1. The summed E-state index contributed by atoms with van der Waals surface area (Å²) in [4.78, 5) is 13.2. The molecule has 2 atom stereocenters. The lowest BCUT2D eigenvalue weighted by Gasteiger charge is -2.28. The van der Waals surface area contributed by atoms with Gasteiger partial charge in [0.05, 0.1) is 0 Å². The predicted octanol–water partition coefficient (Wildman–Crippen LogP) is 1.46. The summed E-state index contributed by atoms with van der Waals surface area (Å²) in [5.41, 5.74) is 8.49. The summed E-state index contributed by atoms with van der Waals surface area (Å²) in [6, 6.07) is 5.24.